The number of hydrogen-bond donors (Lipinski definition) is 1. The summed E-state index contributed by atoms with van der Waals surface area (Å²) in [5.74, 6) is 0. The summed E-state index contributed by atoms with van der Waals surface area (Å²) in [6, 6.07) is 10.8. The molecule has 0 amide bonds. The van der Waals surface area contributed by atoms with Crippen LogP contribution in [0.3, 0.4) is 0 Å². The van der Waals surface area contributed by atoms with E-state index in [0.29, 0.717) is 0 Å². The van der Waals surface area contributed by atoms with Gasteiger partial charge in [0.1, 0.15) is 0 Å². The van der Waals surface area contributed by atoms with Crippen molar-refractivity contribution in [3.05, 3.63) is 35.9 Å². The molecule has 1 saturated heterocycles. The quantitative estimate of drug-likeness (QED) is 0.900. The number of nitrogens with zero attached hydrogens (tertiary/aromatic N) is 1. The van der Waals surface area contributed by atoms with E-state index in [-0.39, 0.29) is 11.6 Å². The fourth-order valence-corrected chi connectivity index (χ4v) is 3.00. The average molecular weight is 260 g/mol. The zero-order chi connectivity index (χ0) is 13.7. The highest BCUT2D eigenvalue weighted by Gasteiger charge is 2.33. The van der Waals surface area contributed by atoms with Crippen molar-refractivity contribution in [3.8, 4) is 0 Å². The highest BCUT2D eigenvalue weighted by Crippen LogP contribution is 2.24. The lowest BCUT2D eigenvalue weighted by Crippen LogP contribution is -2.57. The molecule has 1 fully saturated rings. The molecule has 1 aromatic rings. The molecule has 0 saturated carbocycles. The zero-order valence-electron chi connectivity index (χ0n) is 12.4. The Bertz CT molecular complexity index is 364. The predicted octanol–water partition coefficient (Wildman–Crippen LogP) is 3.21. The standard InChI is InChI=1S/C17H28N2/c1-17(2,19-12-8-3-4-9-13-19)16(18)14-15-10-6-5-7-11-15/h5-7,10-11,16H,3-4,8-9,12-14,18H2,1-2H3. The van der Waals surface area contributed by atoms with Gasteiger partial charge < -0.3 is 5.73 Å². The molecule has 106 valence electrons. The van der Waals surface area contributed by atoms with Crippen LogP contribution in [-0.4, -0.2) is 29.6 Å². The molecule has 1 atom stereocenters. The Balaban J connectivity index is 2.00. The Morgan fingerprint density at radius 3 is 2.21 bits per heavy atom. The molecule has 0 aliphatic carbocycles. The molecule has 0 radical (unpaired) electrons. The lowest BCUT2D eigenvalue weighted by molar-refractivity contribution is 0.0979. The molecule has 2 N–H and O–H groups in total. The summed E-state index contributed by atoms with van der Waals surface area (Å²) >= 11 is 0. The summed E-state index contributed by atoms with van der Waals surface area (Å²) in [5, 5.41) is 0. The molecule has 0 aromatic heterocycles. The number of hydrogen-bond acceptors (Lipinski definition) is 2. The van der Waals surface area contributed by atoms with Crippen molar-refractivity contribution in [1.29, 1.82) is 0 Å². The van der Waals surface area contributed by atoms with Crippen LogP contribution < -0.4 is 5.73 Å². The van der Waals surface area contributed by atoms with Crippen LogP contribution in [0.25, 0.3) is 0 Å². The van der Waals surface area contributed by atoms with Gasteiger partial charge in [-0.05, 0) is 51.8 Å². The van der Waals surface area contributed by atoms with E-state index >= 15 is 0 Å². The van der Waals surface area contributed by atoms with Crippen LogP contribution in [0.15, 0.2) is 30.3 Å². The van der Waals surface area contributed by atoms with Crippen LogP contribution in [0.2, 0.25) is 0 Å². The van der Waals surface area contributed by atoms with Crippen LogP contribution in [0.5, 0.6) is 0 Å². The Labute approximate surface area is 118 Å². The van der Waals surface area contributed by atoms with Gasteiger partial charge in [0.25, 0.3) is 0 Å². The second-order valence-electron chi connectivity index (χ2n) is 6.35. The Kier molecular flexibility index (Phi) is 5.00. The first kappa shape index (κ1) is 14.5. The van der Waals surface area contributed by atoms with E-state index in [1.165, 1.54) is 44.3 Å². The Morgan fingerprint density at radius 1 is 1.05 bits per heavy atom. The maximum atomic E-state index is 6.52. The zero-order valence-corrected chi connectivity index (χ0v) is 12.4. The van der Waals surface area contributed by atoms with E-state index in [0.717, 1.165) is 6.42 Å². The first-order chi connectivity index (χ1) is 9.10. The van der Waals surface area contributed by atoms with Crippen LogP contribution in [0.4, 0.5) is 0 Å². The van der Waals surface area contributed by atoms with Crippen molar-refractivity contribution in [2.75, 3.05) is 13.1 Å². The normalized spacial score (nSPS) is 19.9. The monoisotopic (exact) mass is 260 g/mol. The van der Waals surface area contributed by atoms with E-state index in [4.69, 9.17) is 5.73 Å². The summed E-state index contributed by atoms with van der Waals surface area (Å²) in [6.45, 7) is 7.03. The van der Waals surface area contributed by atoms with E-state index in [9.17, 15) is 0 Å². The summed E-state index contributed by atoms with van der Waals surface area (Å²) in [6.07, 6.45) is 6.36. The third kappa shape index (κ3) is 3.80. The van der Waals surface area contributed by atoms with Gasteiger partial charge in [0, 0.05) is 11.6 Å². The van der Waals surface area contributed by atoms with E-state index in [1.54, 1.807) is 0 Å². The van der Waals surface area contributed by atoms with Crippen LogP contribution in [0.1, 0.15) is 45.1 Å². The highest BCUT2D eigenvalue weighted by atomic mass is 15.2. The molecule has 2 rings (SSSR count). The van der Waals surface area contributed by atoms with Gasteiger partial charge in [0.15, 0.2) is 0 Å². The van der Waals surface area contributed by atoms with Crippen molar-refractivity contribution in [2.45, 2.75) is 57.5 Å². The summed E-state index contributed by atoms with van der Waals surface area (Å²) in [7, 11) is 0. The third-order valence-electron chi connectivity index (χ3n) is 4.63. The molecule has 1 aliphatic rings. The second-order valence-corrected chi connectivity index (χ2v) is 6.35. The maximum absolute atomic E-state index is 6.52. The lowest BCUT2D eigenvalue weighted by Gasteiger charge is -2.42. The largest absolute Gasteiger partial charge is 0.326 e. The summed E-state index contributed by atoms with van der Waals surface area (Å²) in [5.41, 5.74) is 7.95. The van der Waals surface area contributed by atoms with Crippen LogP contribution in [0, 0.1) is 0 Å². The van der Waals surface area contributed by atoms with Gasteiger partial charge in [-0.2, -0.15) is 0 Å². The van der Waals surface area contributed by atoms with Gasteiger partial charge in [0.2, 0.25) is 0 Å². The molecular formula is C17H28N2. The molecule has 1 aliphatic heterocycles. The molecule has 19 heavy (non-hydrogen) atoms. The second kappa shape index (κ2) is 6.53. The van der Waals surface area contributed by atoms with Crippen molar-refractivity contribution < 1.29 is 0 Å². The minimum atomic E-state index is 0.0835. The van der Waals surface area contributed by atoms with Crippen LogP contribution in [-0.2, 0) is 6.42 Å². The topological polar surface area (TPSA) is 29.3 Å². The molecule has 2 heteroatoms. The van der Waals surface area contributed by atoms with Gasteiger partial charge in [-0.3, -0.25) is 4.90 Å². The fourth-order valence-electron chi connectivity index (χ4n) is 3.00. The van der Waals surface area contributed by atoms with Crippen molar-refractivity contribution >= 4 is 0 Å². The molecule has 2 nitrogen and oxygen atoms in total. The number of nitrogens with two attached hydrogens (primary N) is 1. The SMILES string of the molecule is CC(C)(C(N)Cc1ccccc1)N1CCCCCC1. The first-order valence-electron chi connectivity index (χ1n) is 7.65. The van der Waals surface area contributed by atoms with Crippen molar-refractivity contribution in [3.63, 3.8) is 0 Å². The highest BCUT2D eigenvalue weighted by molar-refractivity contribution is 5.17. The molecule has 0 bridgehead atoms. The first-order valence-corrected chi connectivity index (χ1v) is 7.65. The van der Waals surface area contributed by atoms with Gasteiger partial charge >= 0.3 is 0 Å². The molecule has 1 heterocycles. The Morgan fingerprint density at radius 2 is 1.63 bits per heavy atom. The molecular weight excluding hydrogens is 232 g/mol. The van der Waals surface area contributed by atoms with E-state index < -0.39 is 0 Å². The molecule has 1 unspecified atom stereocenters. The number of rotatable bonds is 4. The smallest absolute Gasteiger partial charge is 0.0307 e. The minimum Gasteiger partial charge on any atom is -0.326 e. The molecule has 0 spiro atoms. The average Bonchev–Trinajstić information content (AvgIpc) is 2.69. The number of likely N-dealkylation sites (tertiary alicyclic amines) is 1. The van der Waals surface area contributed by atoms with Crippen molar-refractivity contribution in [2.24, 2.45) is 5.73 Å². The van der Waals surface area contributed by atoms with Gasteiger partial charge in [-0.15, -0.1) is 0 Å². The molecule has 1 aromatic carbocycles. The lowest BCUT2D eigenvalue weighted by atomic mass is 9.88. The van der Waals surface area contributed by atoms with Gasteiger partial charge in [-0.1, -0.05) is 43.2 Å². The summed E-state index contributed by atoms with van der Waals surface area (Å²) < 4.78 is 0. The van der Waals surface area contributed by atoms with Crippen molar-refractivity contribution in [1.82, 2.24) is 4.90 Å². The van der Waals surface area contributed by atoms with E-state index in [1.807, 2.05) is 0 Å². The predicted molar refractivity (Wildman–Crippen MR) is 82.2 cm³/mol. The summed E-state index contributed by atoms with van der Waals surface area (Å²) in [4.78, 5) is 2.60. The van der Waals surface area contributed by atoms with Crippen LogP contribution >= 0.6 is 0 Å². The Hall–Kier alpha value is -0.860. The van der Waals surface area contributed by atoms with Gasteiger partial charge in [0.05, 0.1) is 0 Å². The van der Waals surface area contributed by atoms with Gasteiger partial charge in [-0.25, -0.2) is 0 Å². The maximum Gasteiger partial charge on any atom is 0.0307 e. The number of benzene rings is 1. The fraction of sp³-hybridized carbons (Fsp3) is 0.647. The third-order valence-corrected chi connectivity index (χ3v) is 4.63. The minimum absolute atomic E-state index is 0.0835. The van der Waals surface area contributed by atoms with E-state index in [2.05, 4.69) is 49.1 Å².